The Kier molecular flexibility index (Phi) is 1.83. The zero-order valence-electron chi connectivity index (χ0n) is 9.28. The number of fused-ring (bicyclic) bond motifs is 3. The molecule has 0 fully saturated rings. The van der Waals surface area contributed by atoms with Crippen molar-refractivity contribution in [2.75, 3.05) is 0 Å². The summed E-state index contributed by atoms with van der Waals surface area (Å²) in [4.78, 5) is 18.3. The summed E-state index contributed by atoms with van der Waals surface area (Å²) in [6.07, 6.45) is 0. The fraction of sp³-hybridized carbons (Fsp3) is 0.182. The molecule has 1 N–H and O–H groups in total. The number of benzene rings is 1. The molecule has 86 valence electrons. The lowest BCUT2D eigenvalue weighted by Gasteiger charge is -2.02. The molecule has 17 heavy (non-hydrogen) atoms. The second-order valence-electron chi connectivity index (χ2n) is 3.99. The highest BCUT2D eigenvalue weighted by atomic mass is 19.1. The summed E-state index contributed by atoms with van der Waals surface area (Å²) in [7, 11) is 0. The van der Waals surface area contributed by atoms with E-state index < -0.39 is 11.5 Å². The third-order valence-corrected chi connectivity index (χ3v) is 2.61. The average molecular weight is 232 g/mol. The zero-order valence-corrected chi connectivity index (χ0v) is 9.28. The summed E-state index contributed by atoms with van der Waals surface area (Å²) in [5, 5.41) is 4.52. The molecule has 0 saturated carbocycles. The Morgan fingerprint density at radius 1 is 1.35 bits per heavy atom. The second kappa shape index (κ2) is 3.13. The number of halogens is 1. The minimum atomic E-state index is -0.490. The van der Waals surface area contributed by atoms with Crippen LogP contribution in [0.25, 0.3) is 16.6 Å². The highest BCUT2D eigenvalue weighted by molar-refractivity contribution is 5.91. The Morgan fingerprint density at radius 2 is 2.12 bits per heavy atom. The Morgan fingerprint density at radius 3 is 2.88 bits per heavy atom. The van der Waals surface area contributed by atoms with Crippen LogP contribution in [0.2, 0.25) is 0 Å². The predicted molar refractivity (Wildman–Crippen MR) is 60.5 cm³/mol. The van der Waals surface area contributed by atoms with Gasteiger partial charge in [-0.2, -0.15) is 4.52 Å². The van der Waals surface area contributed by atoms with Crippen LogP contribution in [0, 0.1) is 19.7 Å². The highest BCUT2D eigenvalue weighted by Crippen LogP contribution is 2.19. The van der Waals surface area contributed by atoms with Crippen LogP contribution in [-0.4, -0.2) is 19.6 Å². The normalized spacial score (nSPS) is 11.5. The predicted octanol–water partition coefficient (Wildman–Crippen LogP) is 1.33. The van der Waals surface area contributed by atoms with E-state index >= 15 is 0 Å². The monoisotopic (exact) mass is 232 g/mol. The molecule has 2 heterocycles. The Bertz CT molecular complexity index is 802. The van der Waals surface area contributed by atoms with Crippen molar-refractivity contribution < 1.29 is 4.39 Å². The molecule has 0 aliphatic rings. The van der Waals surface area contributed by atoms with E-state index in [0.717, 1.165) is 10.1 Å². The van der Waals surface area contributed by atoms with Crippen molar-refractivity contribution in [1.29, 1.82) is 0 Å². The van der Waals surface area contributed by atoms with Gasteiger partial charge in [-0.15, -0.1) is 5.10 Å². The molecule has 0 spiro atoms. The van der Waals surface area contributed by atoms with E-state index in [0.29, 0.717) is 16.9 Å². The maximum atomic E-state index is 13.7. The number of nitrogens with zero attached hydrogens (tertiary/aromatic N) is 3. The minimum Gasteiger partial charge on any atom is -0.303 e. The van der Waals surface area contributed by atoms with Gasteiger partial charge in [0.1, 0.15) is 11.6 Å². The molecule has 0 bridgehead atoms. The van der Waals surface area contributed by atoms with Crippen LogP contribution in [0.5, 0.6) is 0 Å². The van der Waals surface area contributed by atoms with Crippen LogP contribution in [-0.2, 0) is 0 Å². The van der Waals surface area contributed by atoms with Gasteiger partial charge in [0.15, 0.2) is 5.65 Å². The van der Waals surface area contributed by atoms with E-state index in [1.807, 2.05) is 0 Å². The standard InChI is InChI=1S/C11H9FN4O/c1-5-3-7-9(8(12)4-5)14-11(17)16-10(7)13-6(2)15-16/h3-4H,1-2H3,(H,14,17). The molecule has 6 heteroatoms. The van der Waals surface area contributed by atoms with Crippen molar-refractivity contribution >= 4 is 16.6 Å². The van der Waals surface area contributed by atoms with Crippen LogP contribution in [0.1, 0.15) is 11.4 Å². The van der Waals surface area contributed by atoms with Crippen molar-refractivity contribution in [3.8, 4) is 0 Å². The van der Waals surface area contributed by atoms with E-state index in [9.17, 15) is 9.18 Å². The van der Waals surface area contributed by atoms with E-state index in [1.165, 1.54) is 6.07 Å². The molecular weight excluding hydrogens is 223 g/mol. The summed E-state index contributed by atoms with van der Waals surface area (Å²) in [5.41, 5.74) is 0.824. The van der Waals surface area contributed by atoms with Crippen LogP contribution in [0.15, 0.2) is 16.9 Å². The zero-order chi connectivity index (χ0) is 12.2. The summed E-state index contributed by atoms with van der Waals surface area (Å²) in [5.74, 6) is 0.0187. The smallest absolute Gasteiger partial charge is 0.303 e. The molecule has 5 nitrogen and oxygen atoms in total. The van der Waals surface area contributed by atoms with Crippen LogP contribution >= 0.6 is 0 Å². The second-order valence-corrected chi connectivity index (χ2v) is 3.99. The van der Waals surface area contributed by atoms with Crippen molar-refractivity contribution in [3.05, 3.63) is 39.8 Å². The fourth-order valence-corrected chi connectivity index (χ4v) is 1.94. The first-order chi connectivity index (χ1) is 8.06. The number of hydrogen-bond donors (Lipinski definition) is 1. The molecule has 0 amide bonds. The largest absolute Gasteiger partial charge is 0.348 e. The van der Waals surface area contributed by atoms with E-state index in [2.05, 4.69) is 15.1 Å². The van der Waals surface area contributed by atoms with Crippen molar-refractivity contribution in [3.63, 3.8) is 0 Å². The molecule has 0 saturated heterocycles. The Balaban J connectivity index is 2.67. The van der Waals surface area contributed by atoms with Gasteiger partial charge in [-0.25, -0.2) is 14.2 Å². The lowest BCUT2D eigenvalue weighted by Crippen LogP contribution is -2.18. The van der Waals surface area contributed by atoms with Crippen molar-refractivity contribution in [2.45, 2.75) is 13.8 Å². The third-order valence-electron chi connectivity index (χ3n) is 2.61. The number of aromatic nitrogens is 4. The van der Waals surface area contributed by atoms with E-state index in [4.69, 9.17) is 0 Å². The SMILES string of the molecule is Cc1cc(F)c2[nH]c(=O)n3nc(C)nc3c2c1. The number of rotatable bonds is 0. The van der Waals surface area contributed by atoms with Gasteiger partial charge in [-0.05, 0) is 31.5 Å². The first-order valence-electron chi connectivity index (χ1n) is 5.12. The van der Waals surface area contributed by atoms with Gasteiger partial charge in [0.25, 0.3) is 0 Å². The number of aryl methyl sites for hydroxylation is 2. The maximum absolute atomic E-state index is 13.7. The van der Waals surface area contributed by atoms with Gasteiger partial charge >= 0.3 is 5.69 Å². The molecule has 0 aliphatic carbocycles. The third kappa shape index (κ3) is 1.33. The Labute approximate surface area is 94.9 Å². The summed E-state index contributed by atoms with van der Waals surface area (Å²) in [6, 6.07) is 3.15. The molecule has 0 unspecified atom stereocenters. The highest BCUT2D eigenvalue weighted by Gasteiger charge is 2.12. The lowest BCUT2D eigenvalue weighted by atomic mass is 10.1. The quantitative estimate of drug-likeness (QED) is 0.636. The number of hydrogen-bond acceptors (Lipinski definition) is 3. The van der Waals surface area contributed by atoms with Gasteiger partial charge in [0.05, 0.1) is 5.52 Å². The van der Waals surface area contributed by atoms with Crippen LogP contribution in [0.4, 0.5) is 4.39 Å². The molecule has 0 atom stereocenters. The lowest BCUT2D eigenvalue weighted by molar-refractivity contribution is 0.634. The summed E-state index contributed by atoms with van der Waals surface area (Å²) in [6.45, 7) is 3.47. The van der Waals surface area contributed by atoms with Gasteiger partial charge in [-0.3, -0.25) is 0 Å². The molecule has 3 rings (SSSR count). The minimum absolute atomic E-state index is 0.167. The van der Waals surface area contributed by atoms with Crippen LogP contribution < -0.4 is 5.69 Å². The Hall–Kier alpha value is -2.24. The van der Waals surface area contributed by atoms with E-state index in [-0.39, 0.29) is 5.52 Å². The number of aromatic amines is 1. The van der Waals surface area contributed by atoms with Gasteiger partial charge in [0.2, 0.25) is 0 Å². The maximum Gasteiger partial charge on any atom is 0.348 e. The van der Waals surface area contributed by atoms with Gasteiger partial charge < -0.3 is 4.98 Å². The van der Waals surface area contributed by atoms with Gasteiger partial charge in [0, 0.05) is 5.39 Å². The first-order valence-corrected chi connectivity index (χ1v) is 5.12. The molecular formula is C11H9FN4O. The molecule has 3 aromatic rings. The first kappa shape index (κ1) is 9.95. The molecule has 0 radical (unpaired) electrons. The molecule has 0 aliphatic heterocycles. The topological polar surface area (TPSA) is 63.0 Å². The van der Waals surface area contributed by atoms with Crippen LogP contribution in [0.3, 0.4) is 0 Å². The number of H-pyrrole nitrogens is 1. The molecule has 2 aromatic heterocycles. The van der Waals surface area contributed by atoms with E-state index in [1.54, 1.807) is 19.9 Å². The van der Waals surface area contributed by atoms with Crippen molar-refractivity contribution in [2.24, 2.45) is 0 Å². The summed E-state index contributed by atoms with van der Waals surface area (Å²) < 4.78 is 14.9. The fourth-order valence-electron chi connectivity index (χ4n) is 1.94. The van der Waals surface area contributed by atoms with Crippen molar-refractivity contribution in [1.82, 2.24) is 19.6 Å². The molecule has 1 aromatic carbocycles. The summed E-state index contributed by atoms with van der Waals surface area (Å²) >= 11 is 0. The number of nitrogens with one attached hydrogen (secondary N) is 1. The average Bonchev–Trinajstić information content (AvgIpc) is 2.63. The van der Waals surface area contributed by atoms with Gasteiger partial charge in [-0.1, -0.05) is 0 Å².